The van der Waals surface area contributed by atoms with E-state index >= 15 is 0 Å². The van der Waals surface area contributed by atoms with E-state index in [1.54, 1.807) is 30.3 Å². The van der Waals surface area contributed by atoms with E-state index in [0.717, 1.165) is 4.47 Å². The standard InChI is InChI=1S/C20H19BrN2O3/c1-3-25-18-10-5-14(19(12-18)26-4-2)11-15(13-22)20(24)23-17-8-6-16(21)7-9-17/h5-12H,3-4H2,1-2H3,(H,23,24)/b15-11-. The summed E-state index contributed by atoms with van der Waals surface area (Å²) in [7, 11) is 0. The van der Waals surface area contributed by atoms with Crippen molar-refractivity contribution >= 4 is 33.6 Å². The van der Waals surface area contributed by atoms with Gasteiger partial charge in [-0.25, -0.2) is 0 Å². The molecule has 0 bridgehead atoms. The largest absolute Gasteiger partial charge is 0.494 e. The number of amides is 1. The second-order valence-corrected chi connectivity index (χ2v) is 6.11. The maximum Gasteiger partial charge on any atom is 0.266 e. The first-order valence-corrected chi connectivity index (χ1v) is 8.95. The van der Waals surface area contributed by atoms with Crippen molar-refractivity contribution < 1.29 is 14.3 Å². The Bertz CT molecular complexity index is 839. The maximum atomic E-state index is 12.4. The zero-order valence-corrected chi connectivity index (χ0v) is 16.2. The molecule has 0 unspecified atom stereocenters. The van der Waals surface area contributed by atoms with E-state index in [9.17, 15) is 10.1 Å². The summed E-state index contributed by atoms with van der Waals surface area (Å²) < 4.78 is 12.0. The van der Waals surface area contributed by atoms with E-state index in [2.05, 4.69) is 21.2 Å². The molecular formula is C20H19BrN2O3. The SMILES string of the molecule is CCOc1ccc(/C=C(/C#N)C(=O)Nc2ccc(Br)cc2)c(OCC)c1. The highest BCUT2D eigenvalue weighted by Crippen LogP contribution is 2.27. The Morgan fingerprint density at radius 3 is 2.46 bits per heavy atom. The molecule has 0 radical (unpaired) electrons. The summed E-state index contributed by atoms with van der Waals surface area (Å²) in [4.78, 5) is 12.4. The molecule has 6 heteroatoms. The van der Waals surface area contributed by atoms with Crippen LogP contribution in [0.3, 0.4) is 0 Å². The molecule has 0 aliphatic heterocycles. The van der Waals surface area contributed by atoms with Crippen LogP contribution in [0.4, 0.5) is 5.69 Å². The molecule has 2 aromatic carbocycles. The first kappa shape index (κ1) is 19.5. The van der Waals surface area contributed by atoms with Gasteiger partial charge >= 0.3 is 0 Å². The van der Waals surface area contributed by atoms with Crippen molar-refractivity contribution in [2.75, 3.05) is 18.5 Å². The van der Waals surface area contributed by atoms with E-state index in [4.69, 9.17) is 9.47 Å². The maximum absolute atomic E-state index is 12.4. The minimum atomic E-state index is -0.480. The Morgan fingerprint density at radius 2 is 1.85 bits per heavy atom. The fourth-order valence-corrected chi connectivity index (χ4v) is 2.47. The predicted octanol–water partition coefficient (Wildman–Crippen LogP) is 4.79. The third-order valence-corrected chi connectivity index (χ3v) is 3.89. The molecule has 0 fully saturated rings. The number of carbonyl (C=O) groups is 1. The number of nitrogens with zero attached hydrogens (tertiary/aromatic N) is 1. The van der Waals surface area contributed by atoms with E-state index in [-0.39, 0.29) is 5.57 Å². The lowest BCUT2D eigenvalue weighted by Gasteiger charge is -2.11. The first-order valence-electron chi connectivity index (χ1n) is 8.15. The molecule has 1 amide bonds. The van der Waals surface area contributed by atoms with Crippen LogP contribution in [0.2, 0.25) is 0 Å². The minimum Gasteiger partial charge on any atom is -0.494 e. The molecule has 134 valence electrons. The normalized spacial score (nSPS) is 10.8. The predicted molar refractivity (Wildman–Crippen MR) is 105 cm³/mol. The number of halogens is 1. The number of nitrogens with one attached hydrogen (secondary N) is 1. The molecule has 5 nitrogen and oxygen atoms in total. The highest BCUT2D eigenvalue weighted by molar-refractivity contribution is 9.10. The minimum absolute atomic E-state index is 0.0157. The summed E-state index contributed by atoms with van der Waals surface area (Å²) in [5.74, 6) is 0.750. The third-order valence-electron chi connectivity index (χ3n) is 3.36. The quantitative estimate of drug-likeness (QED) is 0.521. The highest BCUT2D eigenvalue weighted by Gasteiger charge is 2.12. The van der Waals surface area contributed by atoms with Crippen molar-refractivity contribution in [3.05, 3.63) is 58.1 Å². The number of rotatable bonds is 7. The van der Waals surface area contributed by atoms with Gasteiger partial charge in [0.2, 0.25) is 0 Å². The van der Waals surface area contributed by atoms with Crippen LogP contribution >= 0.6 is 15.9 Å². The molecule has 26 heavy (non-hydrogen) atoms. The summed E-state index contributed by atoms with van der Waals surface area (Å²) in [6.45, 7) is 4.77. The topological polar surface area (TPSA) is 71.3 Å². The fraction of sp³-hybridized carbons (Fsp3) is 0.200. The zero-order chi connectivity index (χ0) is 18.9. The number of carbonyl (C=O) groups excluding carboxylic acids is 1. The molecule has 0 spiro atoms. The molecular weight excluding hydrogens is 396 g/mol. The molecule has 0 heterocycles. The van der Waals surface area contributed by atoms with Crippen molar-refractivity contribution in [2.24, 2.45) is 0 Å². The molecule has 0 aromatic heterocycles. The lowest BCUT2D eigenvalue weighted by Crippen LogP contribution is -2.13. The van der Waals surface area contributed by atoms with Gasteiger partial charge in [-0.3, -0.25) is 4.79 Å². The summed E-state index contributed by atoms with van der Waals surface area (Å²) in [5, 5.41) is 12.1. The Labute approximate surface area is 161 Å². The molecule has 0 aliphatic rings. The van der Waals surface area contributed by atoms with E-state index in [1.807, 2.05) is 32.0 Å². The molecule has 0 saturated heterocycles. The highest BCUT2D eigenvalue weighted by atomic mass is 79.9. The number of hydrogen-bond donors (Lipinski definition) is 1. The number of anilines is 1. The van der Waals surface area contributed by atoms with Crippen LogP contribution in [-0.2, 0) is 4.79 Å². The summed E-state index contributed by atoms with van der Waals surface area (Å²) >= 11 is 3.34. The van der Waals surface area contributed by atoms with Crippen LogP contribution < -0.4 is 14.8 Å². The van der Waals surface area contributed by atoms with Gasteiger partial charge in [0, 0.05) is 21.8 Å². The van der Waals surface area contributed by atoms with Crippen molar-refractivity contribution in [3.63, 3.8) is 0 Å². The van der Waals surface area contributed by atoms with Crippen LogP contribution in [0, 0.1) is 11.3 Å². The number of hydrogen-bond acceptors (Lipinski definition) is 4. The van der Waals surface area contributed by atoms with Gasteiger partial charge in [-0.1, -0.05) is 15.9 Å². The Balaban J connectivity index is 2.27. The van der Waals surface area contributed by atoms with Crippen LogP contribution in [-0.4, -0.2) is 19.1 Å². The second kappa shape index (κ2) is 9.64. The summed E-state index contributed by atoms with van der Waals surface area (Å²) in [6, 6.07) is 14.4. The molecule has 0 aliphatic carbocycles. The van der Waals surface area contributed by atoms with Crippen LogP contribution in [0.5, 0.6) is 11.5 Å². The average molecular weight is 415 g/mol. The Kier molecular flexibility index (Phi) is 7.24. The van der Waals surface area contributed by atoms with Gasteiger partial charge in [0.05, 0.1) is 13.2 Å². The van der Waals surface area contributed by atoms with Gasteiger partial charge in [0.15, 0.2) is 0 Å². The van der Waals surface area contributed by atoms with Crippen LogP contribution in [0.25, 0.3) is 6.08 Å². The van der Waals surface area contributed by atoms with Gasteiger partial charge in [-0.2, -0.15) is 5.26 Å². The molecule has 2 rings (SSSR count). The van der Waals surface area contributed by atoms with Crippen molar-refractivity contribution in [3.8, 4) is 17.6 Å². The van der Waals surface area contributed by atoms with Gasteiger partial charge in [0.1, 0.15) is 23.1 Å². The monoisotopic (exact) mass is 414 g/mol. The number of nitriles is 1. The van der Waals surface area contributed by atoms with Crippen LogP contribution in [0.15, 0.2) is 52.5 Å². The molecule has 0 saturated carbocycles. The molecule has 1 N–H and O–H groups in total. The summed E-state index contributed by atoms with van der Waals surface area (Å²) in [6.07, 6.45) is 1.51. The molecule has 2 aromatic rings. The summed E-state index contributed by atoms with van der Waals surface area (Å²) in [5.41, 5.74) is 1.23. The lowest BCUT2D eigenvalue weighted by atomic mass is 10.1. The second-order valence-electron chi connectivity index (χ2n) is 5.20. The van der Waals surface area contributed by atoms with Gasteiger partial charge in [0.25, 0.3) is 5.91 Å². The third kappa shape index (κ3) is 5.36. The van der Waals surface area contributed by atoms with Gasteiger partial charge in [-0.05, 0) is 56.3 Å². The average Bonchev–Trinajstić information content (AvgIpc) is 2.63. The van der Waals surface area contributed by atoms with E-state index < -0.39 is 5.91 Å². The van der Waals surface area contributed by atoms with Crippen molar-refractivity contribution in [2.45, 2.75) is 13.8 Å². The zero-order valence-electron chi connectivity index (χ0n) is 14.6. The van der Waals surface area contributed by atoms with E-state index in [0.29, 0.717) is 36.0 Å². The lowest BCUT2D eigenvalue weighted by molar-refractivity contribution is -0.112. The van der Waals surface area contributed by atoms with Gasteiger partial charge < -0.3 is 14.8 Å². The van der Waals surface area contributed by atoms with Crippen molar-refractivity contribution in [1.29, 1.82) is 5.26 Å². The number of ether oxygens (including phenoxy) is 2. The molecule has 0 atom stereocenters. The van der Waals surface area contributed by atoms with Crippen molar-refractivity contribution in [1.82, 2.24) is 0 Å². The Morgan fingerprint density at radius 1 is 1.15 bits per heavy atom. The number of benzene rings is 2. The van der Waals surface area contributed by atoms with Gasteiger partial charge in [-0.15, -0.1) is 0 Å². The van der Waals surface area contributed by atoms with E-state index in [1.165, 1.54) is 6.08 Å². The fourth-order valence-electron chi connectivity index (χ4n) is 2.21. The first-order chi connectivity index (χ1) is 12.6. The Hall–Kier alpha value is -2.78. The van der Waals surface area contributed by atoms with Crippen LogP contribution in [0.1, 0.15) is 19.4 Å². The smallest absolute Gasteiger partial charge is 0.266 e.